The van der Waals surface area contributed by atoms with E-state index in [-0.39, 0.29) is 0 Å². The molecule has 0 saturated carbocycles. The second-order valence-corrected chi connectivity index (χ2v) is 4.14. The summed E-state index contributed by atoms with van der Waals surface area (Å²) in [5.41, 5.74) is 0.991. The van der Waals surface area contributed by atoms with E-state index in [0.717, 1.165) is 23.0 Å². The number of hydrogen-bond donors (Lipinski definition) is 1. The molecular formula is C13H20ClNO. The zero-order chi connectivity index (χ0) is 11.8. The summed E-state index contributed by atoms with van der Waals surface area (Å²) in [4.78, 5) is 0. The maximum atomic E-state index is 5.96. The molecule has 2 nitrogen and oxygen atoms in total. The first-order valence-corrected chi connectivity index (χ1v) is 6.32. The van der Waals surface area contributed by atoms with Crippen molar-refractivity contribution in [2.45, 2.75) is 33.1 Å². The van der Waals surface area contributed by atoms with E-state index in [0.29, 0.717) is 6.61 Å². The van der Waals surface area contributed by atoms with E-state index >= 15 is 0 Å². The van der Waals surface area contributed by atoms with E-state index in [1.54, 1.807) is 0 Å². The van der Waals surface area contributed by atoms with Crippen molar-refractivity contribution in [2.75, 3.05) is 18.5 Å². The summed E-state index contributed by atoms with van der Waals surface area (Å²) < 4.78 is 5.53. The van der Waals surface area contributed by atoms with Crippen LogP contribution in [0.1, 0.15) is 33.1 Å². The van der Waals surface area contributed by atoms with Crippen molar-refractivity contribution in [3.05, 3.63) is 23.2 Å². The van der Waals surface area contributed by atoms with Gasteiger partial charge in [-0.25, -0.2) is 0 Å². The summed E-state index contributed by atoms with van der Waals surface area (Å²) in [6.45, 7) is 5.82. The molecule has 0 atom stereocenters. The van der Waals surface area contributed by atoms with Gasteiger partial charge in [0, 0.05) is 11.6 Å². The molecule has 1 rings (SSSR count). The topological polar surface area (TPSA) is 21.3 Å². The Balaban J connectivity index is 2.57. The number of anilines is 1. The summed E-state index contributed by atoms with van der Waals surface area (Å²) in [7, 11) is 0. The molecule has 1 N–H and O–H groups in total. The largest absolute Gasteiger partial charge is 0.492 e. The first kappa shape index (κ1) is 13.2. The fourth-order valence-electron chi connectivity index (χ4n) is 1.52. The van der Waals surface area contributed by atoms with Crippen LogP contribution in [-0.4, -0.2) is 13.2 Å². The number of ether oxygens (including phenoxy) is 1. The van der Waals surface area contributed by atoms with Crippen LogP contribution in [0.15, 0.2) is 18.2 Å². The SMILES string of the molecule is CCCCCNc1cc(Cl)ccc1OCC. The minimum atomic E-state index is 0.672. The average molecular weight is 242 g/mol. The fraction of sp³-hybridized carbons (Fsp3) is 0.538. The molecule has 3 heteroatoms. The van der Waals surface area contributed by atoms with Crippen LogP contribution in [0.25, 0.3) is 0 Å². The van der Waals surface area contributed by atoms with Gasteiger partial charge < -0.3 is 10.1 Å². The quantitative estimate of drug-likeness (QED) is 0.717. The highest BCUT2D eigenvalue weighted by Gasteiger charge is 2.03. The van der Waals surface area contributed by atoms with Gasteiger partial charge in [-0.3, -0.25) is 0 Å². The van der Waals surface area contributed by atoms with Crippen LogP contribution in [0.3, 0.4) is 0 Å². The van der Waals surface area contributed by atoms with Crippen LogP contribution in [0.4, 0.5) is 5.69 Å². The lowest BCUT2D eigenvalue weighted by molar-refractivity contribution is 0.341. The Bertz CT molecular complexity index is 315. The molecule has 1 aromatic rings. The number of nitrogens with one attached hydrogen (secondary N) is 1. The lowest BCUT2D eigenvalue weighted by atomic mass is 10.2. The van der Waals surface area contributed by atoms with Crippen LogP contribution in [0.2, 0.25) is 5.02 Å². The minimum absolute atomic E-state index is 0.672. The summed E-state index contributed by atoms with van der Waals surface area (Å²) in [6.07, 6.45) is 3.65. The van der Waals surface area contributed by atoms with E-state index in [1.807, 2.05) is 25.1 Å². The van der Waals surface area contributed by atoms with Gasteiger partial charge >= 0.3 is 0 Å². The highest BCUT2D eigenvalue weighted by Crippen LogP contribution is 2.27. The van der Waals surface area contributed by atoms with Crippen molar-refractivity contribution in [1.82, 2.24) is 0 Å². The van der Waals surface area contributed by atoms with E-state index in [2.05, 4.69) is 12.2 Å². The molecule has 0 heterocycles. The molecule has 16 heavy (non-hydrogen) atoms. The summed E-state index contributed by atoms with van der Waals surface area (Å²) >= 11 is 5.96. The Labute approximate surface area is 103 Å². The first-order chi connectivity index (χ1) is 7.77. The third-order valence-electron chi connectivity index (χ3n) is 2.34. The molecule has 0 saturated heterocycles. The van der Waals surface area contributed by atoms with Gasteiger partial charge in [0.05, 0.1) is 12.3 Å². The molecule has 0 aliphatic heterocycles. The molecule has 0 aliphatic carbocycles. The second-order valence-electron chi connectivity index (χ2n) is 3.71. The van der Waals surface area contributed by atoms with Gasteiger partial charge in [-0.1, -0.05) is 31.4 Å². The monoisotopic (exact) mass is 241 g/mol. The zero-order valence-corrected chi connectivity index (χ0v) is 10.8. The highest BCUT2D eigenvalue weighted by atomic mass is 35.5. The molecule has 1 aromatic carbocycles. The van der Waals surface area contributed by atoms with Gasteiger partial charge in [0.25, 0.3) is 0 Å². The fourth-order valence-corrected chi connectivity index (χ4v) is 1.69. The van der Waals surface area contributed by atoms with Gasteiger partial charge in [-0.15, -0.1) is 0 Å². The van der Waals surface area contributed by atoms with Gasteiger partial charge in [0.15, 0.2) is 0 Å². The Hall–Kier alpha value is -0.890. The lowest BCUT2D eigenvalue weighted by Gasteiger charge is -2.12. The van der Waals surface area contributed by atoms with Gasteiger partial charge in [0.1, 0.15) is 5.75 Å². The number of unbranched alkanes of at least 4 members (excludes halogenated alkanes) is 2. The maximum absolute atomic E-state index is 5.96. The van der Waals surface area contributed by atoms with Crippen molar-refractivity contribution in [3.8, 4) is 5.75 Å². The molecule has 0 spiro atoms. The van der Waals surface area contributed by atoms with E-state index < -0.39 is 0 Å². The van der Waals surface area contributed by atoms with Gasteiger partial charge in [0.2, 0.25) is 0 Å². The summed E-state index contributed by atoms with van der Waals surface area (Å²) in [6, 6.07) is 5.68. The minimum Gasteiger partial charge on any atom is -0.492 e. The molecule has 0 fully saturated rings. The third-order valence-corrected chi connectivity index (χ3v) is 2.57. The standard InChI is InChI=1S/C13H20ClNO/c1-3-5-6-9-15-12-10-11(14)7-8-13(12)16-4-2/h7-8,10,15H,3-6,9H2,1-2H3. The molecule has 0 aromatic heterocycles. The number of benzene rings is 1. The van der Waals surface area contributed by atoms with Crippen LogP contribution in [-0.2, 0) is 0 Å². The lowest BCUT2D eigenvalue weighted by Crippen LogP contribution is -2.04. The number of hydrogen-bond acceptors (Lipinski definition) is 2. The van der Waals surface area contributed by atoms with E-state index in [9.17, 15) is 0 Å². The van der Waals surface area contributed by atoms with Crippen molar-refractivity contribution >= 4 is 17.3 Å². The average Bonchev–Trinajstić information content (AvgIpc) is 2.28. The predicted octanol–water partition coefficient (Wildman–Crippen LogP) is 4.34. The smallest absolute Gasteiger partial charge is 0.142 e. The van der Waals surface area contributed by atoms with Crippen molar-refractivity contribution < 1.29 is 4.74 Å². The Morgan fingerprint density at radius 1 is 1.25 bits per heavy atom. The molecule has 0 bridgehead atoms. The molecule has 0 unspecified atom stereocenters. The van der Waals surface area contributed by atoms with Crippen molar-refractivity contribution in [3.63, 3.8) is 0 Å². The normalized spacial score (nSPS) is 10.2. The van der Waals surface area contributed by atoms with Gasteiger partial charge in [-0.2, -0.15) is 0 Å². The second kappa shape index (κ2) is 7.39. The van der Waals surface area contributed by atoms with Crippen LogP contribution in [0, 0.1) is 0 Å². The Kier molecular flexibility index (Phi) is 6.09. The van der Waals surface area contributed by atoms with E-state index in [4.69, 9.17) is 16.3 Å². The number of halogens is 1. The maximum Gasteiger partial charge on any atom is 0.142 e. The third kappa shape index (κ3) is 4.31. The first-order valence-electron chi connectivity index (χ1n) is 5.94. The summed E-state index contributed by atoms with van der Waals surface area (Å²) in [5, 5.41) is 4.10. The number of rotatable bonds is 7. The molecule has 0 aliphatic rings. The molecule has 0 radical (unpaired) electrons. The molecule has 90 valence electrons. The van der Waals surface area contributed by atoms with E-state index in [1.165, 1.54) is 19.3 Å². The Morgan fingerprint density at radius 2 is 2.06 bits per heavy atom. The Morgan fingerprint density at radius 3 is 2.75 bits per heavy atom. The predicted molar refractivity (Wildman–Crippen MR) is 70.6 cm³/mol. The highest BCUT2D eigenvalue weighted by molar-refractivity contribution is 6.30. The zero-order valence-electron chi connectivity index (χ0n) is 10.1. The van der Waals surface area contributed by atoms with Crippen LogP contribution < -0.4 is 10.1 Å². The van der Waals surface area contributed by atoms with Crippen molar-refractivity contribution in [1.29, 1.82) is 0 Å². The summed E-state index contributed by atoms with van der Waals surface area (Å²) in [5.74, 6) is 0.878. The van der Waals surface area contributed by atoms with Crippen molar-refractivity contribution in [2.24, 2.45) is 0 Å². The molecular weight excluding hydrogens is 222 g/mol. The molecule has 0 amide bonds. The van der Waals surface area contributed by atoms with Crippen LogP contribution >= 0.6 is 11.6 Å². The van der Waals surface area contributed by atoms with Crippen LogP contribution in [0.5, 0.6) is 5.75 Å². The van der Waals surface area contributed by atoms with Gasteiger partial charge in [-0.05, 0) is 31.5 Å².